The molecule has 0 spiro atoms. The Kier molecular flexibility index (Phi) is 6.98. The first-order valence-electron chi connectivity index (χ1n) is 9.46. The number of carbonyl (C=O) groups excluding carboxylic acids is 2. The molecule has 0 radical (unpaired) electrons. The standard InChI is InChI=1S/C22H22ClN5O2/c1-3-21(29)25-20-10-8-17(9-11-20)15(2)26-27-22(30)18-6-4-16(5-7-18)13-28-14-19(23)12-24-28/h4-12,14H,3,13H2,1-2H3,(H,25,29)(H,27,30)/b26-15+. The Hall–Kier alpha value is -3.45. The van der Waals surface area contributed by atoms with Gasteiger partial charge in [-0.05, 0) is 42.3 Å². The lowest BCUT2D eigenvalue weighted by Gasteiger charge is -2.07. The molecular weight excluding hydrogens is 402 g/mol. The zero-order valence-electron chi connectivity index (χ0n) is 16.7. The first kappa shape index (κ1) is 21.3. The Balaban J connectivity index is 1.58. The molecule has 0 aliphatic rings. The molecule has 3 rings (SSSR count). The quantitative estimate of drug-likeness (QED) is 0.443. The number of amides is 2. The molecule has 8 heteroatoms. The Labute approximate surface area is 179 Å². The van der Waals surface area contributed by atoms with Crippen LogP contribution in [0.15, 0.2) is 66.0 Å². The minimum Gasteiger partial charge on any atom is -0.326 e. The normalized spacial score (nSPS) is 11.2. The predicted molar refractivity (Wildman–Crippen MR) is 118 cm³/mol. The van der Waals surface area contributed by atoms with Crippen LogP contribution in [0.2, 0.25) is 5.02 Å². The van der Waals surface area contributed by atoms with Gasteiger partial charge in [0.2, 0.25) is 5.91 Å². The summed E-state index contributed by atoms with van der Waals surface area (Å²) in [5.41, 5.74) is 6.30. The van der Waals surface area contributed by atoms with E-state index in [0.29, 0.717) is 29.3 Å². The lowest BCUT2D eigenvalue weighted by atomic mass is 10.1. The molecule has 0 saturated carbocycles. The summed E-state index contributed by atoms with van der Waals surface area (Å²) in [7, 11) is 0. The molecule has 2 amide bonds. The number of carbonyl (C=O) groups is 2. The Morgan fingerprint density at radius 3 is 2.33 bits per heavy atom. The van der Waals surface area contributed by atoms with Crippen molar-refractivity contribution in [3.8, 4) is 0 Å². The van der Waals surface area contributed by atoms with Crippen molar-refractivity contribution < 1.29 is 9.59 Å². The van der Waals surface area contributed by atoms with E-state index >= 15 is 0 Å². The van der Waals surface area contributed by atoms with Crippen LogP contribution in [0.3, 0.4) is 0 Å². The summed E-state index contributed by atoms with van der Waals surface area (Å²) in [6.07, 6.45) is 3.75. The van der Waals surface area contributed by atoms with Crippen LogP contribution in [0.1, 0.15) is 41.8 Å². The Bertz CT molecular complexity index is 1060. The van der Waals surface area contributed by atoms with Crippen molar-refractivity contribution in [1.29, 1.82) is 0 Å². The summed E-state index contributed by atoms with van der Waals surface area (Å²) in [6.45, 7) is 4.17. The molecule has 0 atom stereocenters. The molecule has 2 aromatic carbocycles. The SMILES string of the molecule is CCC(=O)Nc1ccc(/C(C)=N/NC(=O)c2ccc(Cn3cc(Cl)cn3)cc2)cc1. The molecule has 154 valence electrons. The van der Waals surface area contributed by atoms with Gasteiger partial charge in [-0.3, -0.25) is 14.3 Å². The van der Waals surface area contributed by atoms with Gasteiger partial charge in [-0.1, -0.05) is 42.8 Å². The molecular formula is C22H22ClN5O2. The largest absolute Gasteiger partial charge is 0.326 e. The van der Waals surface area contributed by atoms with E-state index in [1.807, 2.05) is 24.3 Å². The van der Waals surface area contributed by atoms with Crippen LogP contribution in [-0.4, -0.2) is 27.3 Å². The van der Waals surface area contributed by atoms with E-state index in [1.54, 1.807) is 55.2 Å². The lowest BCUT2D eigenvalue weighted by Crippen LogP contribution is -2.19. The van der Waals surface area contributed by atoms with Crippen LogP contribution in [-0.2, 0) is 11.3 Å². The van der Waals surface area contributed by atoms with Crippen LogP contribution in [0.5, 0.6) is 0 Å². The first-order valence-corrected chi connectivity index (χ1v) is 9.84. The van der Waals surface area contributed by atoms with Crippen LogP contribution in [0.25, 0.3) is 0 Å². The second kappa shape index (κ2) is 9.84. The zero-order chi connectivity index (χ0) is 21.5. The number of nitrogens with one attached hydrogen (secondary N) is 2. The minimum atomic E-state index is -0.296. The number of benzene rings is 2. The van der Waals surface area contributed by atoms with Crippen LogP contribution >= 0.6 is 11.6 Å². The van der Waals surface area contributed by atoms with Crippen molar-refractivity contribution in [3.63, 3.8) is 0 Å². The number of hydrogen-bond acceptors (Lipinski definition) is 4. The van der Waals surface area contributed by atoms with E-state index in [0.717, 1.165) is 16.8 Å². The van der Waals surface area contributed by atoms with Crippen LogP contribution in [0, 0.1) is 0 Å². The summed E-state index contributed by atoms with van der Waals surface area (Å²) in [5.74, 6) is -0.338. The smallest absolute Gasteiger partial charge is 0.271 e. The van der Waals surface area contributed by atoms with Crippen molar-refractivity contribution in [3.05, 3.63) is 82.6 Å². The summed E-state index contributed by atoms with van der Waals surface area (Å²) < 4.78 is 1.73. The zero-order valence-corrected chi connectivity index (χ0v) is 17.5. The van der Waals surface area contributed by atoms with Gasteiger partial charge >= 0.3 is 0 Å². The molecule has 0 aliphatic carbocycles. The van der Waals surface area contributed by atoms with Gasteiger partial charge in [0.15, 0.2) is 0 Å². The molecule has 0 unspecified atom stereocenters. The fraction of sp³-hybridized carbons (Fsp3) is 0.182. The minimum absolute atomic E-state index is 0.0418. The molecule has 0 saturated heterocycles. The Morgan fingerprint density at radius 2 is 1.73 bits per heavy atom. The molecule has 30 heavy (non-hydrogen) atoms. The summed E-state index contributed by atoms with van der Waals surface area (Å²) in [5, 5.41) is 11.7. The van der Waals surface area contributed by atoms with Crippen molar-refractivity contribution in [1.82, 2.24) is 15.2 Å². The Morgan fingerprint density at radius 1 is 1.07 bits per heavy atom. The number of aromatic nitrogens is 2. The molecule has 2 N–H and O–H groups in total. The number of hydrazone groups is 1. The third-order valence-corrected chi connectivity index (χ3v) is 4.59. The van der Waals surface area contributed by atoms with E-state index in [1.165, 1.54) is 0 Å². The molecule has 1 heterocycles. The maximum absolute atomic E-state index is 12.4. The molecule has 0 fully saturated rings. The van der Waals surface area contributed by atoms with Gasteiger partial charge in [0, 0.05) is 23.9 Å². The van der Waals surface area contributed by atoms with E-state index in [4.69, 9.17) is 11.6 Å². The van der Waals surface area contributed by atoms with Gasteiger partial charge in [0.25, 0.3) is 5.91 Å². The van der Waals surface area contributed by atoms with Gasteiger partial charge < -0.3 is 5.32 Å². The highest BCUT2D eigenvalue weighted by molar-refractivity contribution is 6.30. The number of hydrogen-bond donors (Lipinski definition) is 2. The second-order valence-corrected chi connectivity index (χ2v) is 7.11. The van der Waals surface area contributed by atoms with Crippen molar-refractivity contribution >= 4 is 34.8 Å². The molecule has 1 aromatic heterocycles. The van der Waals surface area contributed by atoms with Crippen molar-refractivity contribution in [2.45, 2.75) is 26.8 Å². The van der Waals surface area contributed by atoms with Gasteiger partial charge in [-0.25, -0.2) is 5.43 Å². The summed E-state index contributed by atoms with van der Waals surface area (Å²) in [6, 6.07) is 14.5. The molecule has 0 aliphatic heterocycles. The van der Waals surface area contributed by atoms with Gasteiger partial charge in [0.05, 0.1) is 23.5 Å². The molecule has 3 aromatic rings. The van der Waals surface area contributed by atoms with Gasteiger partial charge in [-0.15, -0.1) is 0 Å². The number of rotatable bonds is 7. The highest BCUT2D eigenvalue weighted by Gasteiger charge is 2.06. The average Bonchev–Trinajstić information content (AvgIpc) is 3.17. The monoisotopic (exact) mass is 423 g/mol. The first-order chi connectivity index (χ1) is 14.4. The predicted octanol–water partition coefficient (Wildman–Crippen LogP) is 4.09. The van der Waals surface area contributed by atoms with E-state index in [-0.39, 0.29) is 11.8 Å². The third-order valence-electron chi connectivity index (χ3n) is 4.40. The summed E-state index contributed by atoms with van der Waals surface area (Å²) in [4.78, 5) is 23.8. The van der Waals surface area contributed by atoms with Gasteiger partial charge in [0.1, 0.15) is 0 Å². The van der Waals surface area contributed by atoms with Gasteiger partial charge in [-0.2, -0.15) is 10.2 Å². The maximum atomic E-state index is 12.4. The summed E-state index contributed by atoms with van der Waals surface area (Å²) >= 11 is 5.87. The topological polar surface area (TPSA) is 88.4 Å². The van der Waals surface area contributed by atoms with E-state index in [2.05, 4.69) is 20.9 Å². The number of halogens is 1. The van der Waals surface area contributed by atoms with Crippen molar-refractivity contribution in [2.24, 2.45) is 5.10 Å². The average molecular weight is 424 g/mol. The maximum Gasteiger partial charge on any atom is 0.271 e. The number of anilines is 1. The number of nitrogens with zero attached hydrogens (tertiary/aromatic N) is 3. The van der Waals surface area contributed by atoms with Crippen molar-refractivity contribution in [2.75, 3.05) is 5.32 Å². The second-order valence-electron chi connectivity index (χ2n) is 6.67. The van der Waals surface area contributed by atoms with Crippen LogP contribution in [0.4, 0.5) is 5.69 Å². The molecule has 0 bridgehead atoms. The van der Waals surface area contributed by atoms with E-state index < -0.39 is 0 Å². The highest BCUT2D eigenvalue weighted by Crippen LogP contribution is 2.12. The van der Waals surface area contributed by atoms with E-state index in [9.17, 15) is 9.59 Å². The third kappa shape index (κ3) is 5.78. The fourth-order valence-corrected chi connectivity index (χ4v) is 2.84. The molecule has 7 nitrogen and oxygen atoms in total. The fourth-order valence-electron chi connectivity index (χ4n) is 2.68. The highest BCUT2D eigenvalue weighted by atomic mass is 35.5. The van der Waals surface area contributed by atoms with Crippen LogP contribution < -0.4 is 10.7 Å². The lowest BCUT2D eigenvalue weighted by molar-refractivity contribution is -0.115.